The van der Waals surface area contributed by atoms with E-state index < -0.39 is 0 Å². The molecule has 2 fully saturated rings. The lowest BCUT2D eigenvalue weighted by atomic mass is 10.1. The minimum Gasteiger partial charge on any atom is -0.379 e. The minimum atomic E-state index is 0.222. The molecule has 0 bridgehead atoms. The maximum Gasteiger partial charge on any atom is 0.228 e. The number of aromatic nitrogens is 1. The average molecular weight is 400 g/mol. The summed E-state index contributed by atoms with van der Waals surface area (Å²) in [6, 6.07) is 8.67. The second kappa shape index (κ2) is 9.63. The Balaban J connectivity index is 1.34. The Morgan fingerprint density at radius 2 is 1.71 bits per heavy atom. The number of morpholine rings is 1. The number of benzene rings is 1. The number of ether oxygens (including phenoxy) is 1. The largest absolute Gasteiger partial charge is 0.379 e. The molecule has 1 aromatic heterocycles. The fourth-order valence-electron chi connectivity index (χ4n) is 3.88. The van der Waals surface area contributed by atoms with E-state index in [1.54, 1.807) is 11.3 Å². The number of carbonyl (C=O) groups excluding carboxylic acids is 1. The molecule has 0 unspecified atom stereocenters. The van der Waals surface area contributed by atoms with E-state index in [0.717, 1.165) is 75.0 Å². The maximum atomic E-state index is 12.6. The summed E-state index contributed by atoms with van der Waals surface area (Å²) in [6.45, 7) is 6.44. The Bertz CT molecular complexity index is 760. The van der Waals surface area contributed by atoms with Crippen molar-refractivity contribution in [3.8, 4) is 10.6 Å². The number of hydrogen-bond donors (Lipinski definition) is 0. The first-order chi connectivity index (χ1) is 13.8. The van der Waals surface area contributed by atoms with Crippen molar-refractivity contribution in [1.29, 1.82) is 0 Å². The number of hydrogen-bond acceptors (Lipinski definition) is 5. The van der Waals surface area contributed by atoms with Gasteiger partial charge in [0.25, 0.3) is 0 Å². The Morgan fingerprint density at radius 1 is 1.00 bits per heavy atom. The average Bonchev–Trinajstić information content (AvgIpc) is 3.01. The molecular formula is C22H29N3O2S. The summed E-state index contributed by atoms with van der Waals surface area (Å²) in [6.07, 6.45) is 5.17. The quantitative estimate of drug-likeness (QED) is 0.771. The van der Waals surface area contributed by atoms with E-state index in [0.29, 0.717) is 6.42 Å². The van der Waals surface area contributed by atoms with Gasteiger partial charge in [0.1, 0.15) is 5.01 Å². The summed E-state index contributed by atoms with van der Waals surface area (Å²) in [5.74, 6) is 0.222. The Morgan fingerprint density at radius 3 is 2.43 bits per heavy atom. The molecule has 5 nitrogen and oxygen atoms in total. The van der Waals surface area contributed by atoms with Crippen LogP contribution in [0, 0.1) is 0 Å². The van der Waals surface area contributed by atoms with E-state index in [1.807, 2.05) is 10.3 Å². The lowest BCUT2D eigenvalue weighted by Crippen LogP contribution is -2.35. The van der Waals surface area contributed by atoms with Crippen molar-refractivity contribution in [3.63, 3.8) is 0 Å². The second-order valence-electron chi connectivity index (χ2n) is 7.70. The molecule has 150 valence electrons. The van der Waals surface area contributed by atoms with Gasteiger partial charge in [-0.25, -0.2) is 4.98 Å². The zero-order chi connectivity index (χ0) is 19.2. The van der Waals surface area contributed by atoms with Gasteiger partial charge in [0.15, 0.2) is 0 Å². The molecule has 2 aliphatic heterocycles. The van der Waals surface area contributed by atoms with Crippen LogP contribution >= 0.6 is 11.3 Å². The topological polar surface area (TPSA) is 45.7 Å². The Labute approximate surface area is 171 Å². The molecule has 0 radical (unpaired) electrons. The van der Waals surface area contributed by atoms with Crippen LogP contribution in [0.3, 0.4) is 0 Å². The lowest BCUT2D eigenvalue weighted by Gasteiger charge is -2.26. The molecule has 0 spiro atoms. The first kappa shape index (κ1) is 19.6. The standard InChI is InChI=1S/C22H29N3O2S/c26-21(25-9-3-1-2-4-10-25)15-20-17-28-22(23-20)19-7-5-18(6-8-19)16-24-11-13-27-14-12-24/h5-8,17H,1-4,9-16H2. The van der Waals surface area contributed by atoms with E-state index in [-0.39, 0.29) is 5.91 Å². The number of nitrogens with zero attached hydrogens (tertiary/aromatic N) is 3. The molecule has 4 rings (SSSR count). The maximum absolute atomic E-state index is 12.6. The van der Waals surface area contributed by atoms with Crippen LogP contribution in [0.2, 0.25) is 0 Å². The fraction of sp³-hybridized carbons (Fsp3) is 0.545. The van der Waals surface area contributed by atoms with E-state index in [2.05, 4.69) is 29.2 Å². The van der Waals surface area contributed by atoms with Crippen LogP contribution in [0.5, 0.6) is 0 Å². The first-order valence-corrected chi connectivity index (χ1v) is 11.3. The molecule has 0 saturated carbocycles. The highest BCUT2D eigenvalue weighted by molar-refractivity contribution is 7.13. The molecule has 2 aromatic rings. The summed E-state index contributed by atoms with van der Waals surface area (Å²) >= 11 is 1.63. The predicted molar refractivity (Wildman–Crippen MR) is 112 cm³/mol. The van der Waals surface area contributed by atoms with Gasteiger partial charge >= 0.3 is 0 Å². The molecule has 0 aliphatic carbocycles. The summed E-state index contributed by atoms with van der Waals surface area (Å²) in [7, 11) is 0. The van der Waals surface area contributed by atoms with Gasteiger partial charge in [-0.05, 0) is 18.4 Å². The van der Waals surface area contributed by atoms with E-state index in [4.69, 9.17) is 9.72 Å². The number of carbonyl (C=O) groups is 1. The van der Waals surface area contributed by atoms with Crippen molar-refractivity contribution >= 4 is 17.2 Å². The van der Waals surface area contributed by atoms with Gasteiger partial charge < -0.3 is 9.64 Å². The van der Waals surface area contributed by atoms with Crippen molar-refractivity contribution < 1.29 is 9.53 Å². The van der Waals surface area contributed by atoms with Crippen LogP contribution in [0.4, 0.5) is 0 Å². The molecule has 6 heteroatoms. The highest BCUT2D eigenvalue weighted by Gasteiger charge is 2.17. The number of rotatable bonds is 5. The molecule has 2 aliphatic rings. The van der Waals surface area contributed by atoms with Gasteiger partial charge in [0.2, 0.25) is 5.91 Å². The van der Waals surface area contributed by atoms with Crippen molar-refractivity contribution in [2.24, 2.45) is 0 Å². The number of likely N-dealkylation sites (tertiary alicyclic amines) is 1. The van der Waals surface area contributed by atoms with Crippen molar-refractivity contribution in [2.45, 2.75) is 38.6 Å². The van der Waals surface area contributed by atoms with E-state index in [9.17, 15) is 4.79 Å². The predicted octanol–water partition coefficient (Wildman–Crippen LogP) is 3.59. The van der Waals surface area contributed by atoms with Crippen LogP contribution in [0.15, 0.2) is 29.6 Å². The molecule has 1 amide bonds. The molecule has 28 heavy (non-hydrogen) atoms. The summed E-state index contributed by atoms with van der Waals surface area (Å²) in [4.78, 5) is 21.8. The normalized spacial score (nSPS) is 18.8. The first-order valence-electron chi connectivity index (χ1n) is 10.4. The Hall–Kier alpha value is -1.76. The SMILES string of the molecule is O=C(Cc1csc(-c2ccc(CN3CCOCC3)cc2)n1)N1CCCCCC1. The lowest BCUT2D eigenvalue weighted by molar-refractivity contribution is -0.130. The van der Waals surface area contributed by atoms with E-state index in [1.165, 1.54) is 18.4 Å². The van der Waals surface area contributed by atoms with Crippen molar-refractivity contribution in [1.82, 2.24) is 14.8 Å². The van der Waals surface area contributed by atoms with Gasteiger partial charge in [-0.15, -0.1) is 11.3 Å². The molecule has 2 saturated heterocycles. The highest BCUT2D eigenvalue weighted by atomic mass is 32.1. The van der Waals surface area contributed by atoms with Gasteiger partial charge in [0, 0.05) is 43.7 Å². The zero-order valence-electron chi connectivity index (χ0n) is 16.4. The highest BCUT2D eigenvalue weighted by Crippen LogP contribution is 2.25. The van der Waals surface area contributed by atoms with Gasteiger partial charge in [-0.1, -0.05) is 37.1 Å². The smallest absolute Gasteiger partial charge is 0.228 e. The van der Waals surface area contributed by atoms with Crippen LogP contribution in [0.1, 0.15) is 36.9 Å². The van der Waals surface area contributed by atoms with Crippen molar-refractivity contribution in [2.75, 3.05) is 39.4 Å². The molecule has 1 aromatic carbocycles. The van der Waals surface area contributed by atoms with Crippen molar-refractivity contribution in [3.05, 3.63) is 40.9 Å². The van der Waals surface area contributed by atoms with Gasteiger partial charge in [-0.2, -0.15) is 0 Å². The monoisotopic (exact) mass is 399 g/mol. The summed E-state index contributed by atoms with van der Waals surface area (Å²) < 4.78 is 5.41. The van der Waals surface area contributed by atoms with E-state index >= 15 is 0 Å². The van der Waals surface area contributed by atoms with Gasteiger partial charge in [-0.3, -0.25) is 9.69 Å². The third kappa shape index (κ3) is 5.19. The summed E-state index contributed by atoms with van der Waals surface area (Å²) in [5, 5.41) is 3.03. The molecule has 0 atom stereocenters. The van der Waals surface area contributed by atoms with Crippen LogP contribution in [-0.2, 0) is 22.5 Å². The summed E-state index contributed by atoms with van der Waals surface area (Å²) in [5.41, 5.74) is 3.34. The van der Waals surface area contributed by atoms with Crippen LogP contribution in [0.25, 0.3) is 10.6 Å². The number of thiazole rings is 1. The molecule has 3 heterocycles. The number of amides is 1. The minimum absolute atomic E-state index is 0.222. The van der Waals surface area contributed by atoms with Gasteiger partial charge in [0.05, 0.1) is 25.3 Å². The third-order valence-corrected chi connectivity index (χ3v) is 6.49. The molecular weight excluding hydrogens is 370 g/mol. The fourth-order valence-corrected chi connectivity index (χ4v) is 4.70. The van der Waals surface area contributed by atoms with Crippen LogP contribution in [-0.4, -0.2) is 60.1 Å². The zero-order valence-corrected chi connectivity index (χ0v) is 17.3. The third-order valence-electron chi connectivity index (χ3n) is 5.55. The Kier molecular flexibility index (Phi) is 6.73. The molecule has 0 N–H and O–H groups in total. The second-order valence-corrected chi connectivity index (χ2v) is 8.56. The van der Waals surface area contributed by atoms with Crippen LogP contribution < -0.4 is 0 Å².